The van der Waals surface area contributed by atoms with E-state index >= 15 is 0 Å². The second-order valence-corrected chi connectivity index (χ2v) is 4.40. The Kier molecular flexibility index (Phi) is 5.20. The minimum atomic E-state index is 0.284. The summed E-state index contributed by atoms with van der Waals surface area (Å²) in [5.74, 6) is 0. The van der Waals surface area contributed by atoms with Gasteiger partial charge in [0.25, 0.3) is 0 Å². The average molecular weight is 197 g/mol. The van der Waals surface area contributed by atoms with E-state index in [0.717, 1.165) is 25.6 Å². The maximum atomic E-state index is 9.00. The monoisotopic (exact) mass is 197 g/mol. The number of nitrogens with zero attached hydrogens (tertiary/aromatic N) is 1. The van der Waals surface area contributed by atoms with E-state index in [1.807, 2.05) is 0 Å². The molecule has 0 atom stereocenters. The molecule has 2 nitrogen and oxygen atoms in total. The topological polar surface area (TPSA) is 23.5 Å². The zero-order valence-electron chi connectivity index (χ0n) is 9.34. The van der Waals surface area contributed by atoms with Gasteiger partial charge < -0.3 is 5.11 Å². The summed E-state index contributed by atoms with van der Waals surface area (Å²) in [5, 5.41) is 9.00. The first-order valence-corrected chi connectivity index (χ1v) is 5.73. The van der Waals surface area contributed by atoms with Crippen LogP contribution >= 0.6 is 0 Å². The van der Waals surface area contributed by atoms with Gasteiger partial charge in [0.05, 0.1) is 6.61 Å². The fourth-order valence-corrected chi connectivity index (χ4v) is 2.21. The first-order valence-electron chi connectivity index (χ1n) is 5.73. The summed E-state index contributed by atoms with van der Waals surface area (Å²) >= 11 is 0. The summed E-state index contributed by atoms with van der Waals surface area (Å²) in [7, 11) is 0. The van der Waals surface area contributed by atoms with Crippen LogP contribution in [-0.4, -0.2) is 35.7 Å². The highest BCUT2D eigenvalue weighted by atomic mass is 16.3. The molecule has 0 aromatic rings. The maximum absolute atomic E-state index is 9.00. The third kappa shape index (κ3) is 3.81. The molecule has 1 rings (SSSR count). The van der Waals surface area contributed by atoms with Gasteiger partial charge in [-0.25, -0.2) is 0 Å². The molecule has 0 saturated heterocycles. The lowest BCUT2D eigenvalue weighted by atomic mass is 10.1. The van der Waals surface area contributed by atoms with Gasteiger partial charge in [0.2, 0.25) is 0 Å². The molecule has 0 amide bonds. The molecule has 1 aliphatic carbocycles. The van der Waals surface area contributed by atoms with E-state index in [0.29, 0.717) is 0 Å². The Morgan fingerprint density at radius 1 is 1.36 bits per heavy atom. The Bertz CT molecular complexity index is 173. The van der Waals surface area contributed by atoms with Gasteiger partial charge >= 0.3 is 0 Å². The number of aliphatic hydroxyl groups excluding tert-OH is 1. The van der Waals surface area contributed by atoms with E-state index in [9.17, 15) is 0 Å². The van der Waals surface area contributed by atoms with Crippen molar-refractivity contribution in [3.8, 4) is 0 Å². The fraction of sp³-hybridized carbons (Fsp3) is 0.833. The summed E-state index contributed by atoms with van der Waals surface area (Å²) in [6.07, 6.45) is 6.42. The van der Waals surface area contributed by atoms with Gasteiger partial charge in [-0.1, -0.05) is 18.4 Å². The third-order valence-corrected chi connectivity index (χ3v) is 3.05. The van der Waals surface area contributed by atoms with Crippen molar-refractivity contribution in [2.75, 3.05) is 19.7 Å². The van der Waals surface area contributed by atoms with Crippen LogP contribution in [0.5, 0.6) is 0 Å². The van der Waals surface area contributed by atoms with Crippen molar-refractivity contribution in [3.05, 3.63) is 12.2 Å². The first kappa shape index (κ1) is 11.7. The molecule has 0 aliphatic heterocycles. The normalized spacial score (nSPS) is 17.9. The summed E-state index contributed by atoms with van der Waals surface area (Å²) in [4.78, 5) is 2.43. The highest BCUT2D eigenvalue weighted by Gasteiger charge is 2.21. The van der Waals surface area contributed by atoms with Gasteiger partial charge in [0.15, 0.2) is 0 Å². The Balaban J connectivity index is 2.33. The molecule has 1 saturated carbocycles. The Morgan fingerprint density at radius 3 is 2.50 bits per heavy atom. The predicted molar refractivity (Wildman–Crippen MR) is 60.3 cm³/mol. The van der Waals surface area contributed by atoms with Crippen molar-refractivity contribution in [2.45, 2.75) is 45.1 Å². The highest BCUT2D eigenvalue weighted by Crippen LogP contribution is 2.23. The first-order chi connectivity index (χ1) is 6.74. The van der Waals surface area contributed by atoms with E-state index in [1.165, 1.54) is 31.3 Å². The van der Waals surface area contributed by atoms with E-state index in [-0.39, 0.29) is 6.61 Å². The van der Waals surface area contributed by atoms with Gasteiger partial charge in [-0.15, -0.1) is 6.58 Å². The lowest BCUT2D eigenvalue weighted by molar-refractivity contribution is 0.153. The molecule has 1 aliphatic rings. The molecule has 0 spiro atoms. The summed E-state index contributed by atoms with van der Waals surface area (Å²) in [6.45, 7) is 8.19. The highest BCUT2D eigenvalue weighted by molar-refractivity contribution is 4.90. The molecule has 0 aromatic heterocycles. The average Bonchev–Trinajstić information content (AvgIpc) is 2.64. The summed E-state index contributed by atoms with van der Waals surface area (Å²) in [6, 6.07) is 0.724. The smallest absolute Gasteiger partial charge is 0.0558 e. The van der Waals surface area contributed by atoms with Gasteiger partial charge in [-0.3, -0.25) is 4.90 Å². The van der Waals surface area contributed by atoms with Crippen LogP contribution in [0.2, 0.25) is 0 Å². The number of hydrogen-bond donors (Lipinski definition) is 1. The van der Waals surface area contributed by atoms with Gasteiger partial charge in [0.1, 0.15) is 0 Å². The van der Waals surface area contributed by atoms with Crippen molar-refractivity contribution in [1.29, 1.82) is 0 Å². The van der Waals surface area contributed by atoms with Gasteiger partial charge in [0, 0.05) is 19.1 Å². The summed E-state index contributed by atoms with van der Waals surface area (Å²) in [5.41, 5.74) is 1.24. The van der Waals surface area contributed by atoms with Gasteiger partial charge in [-0.2, -0.15) is 0 Å². The Labute approximate surface area is 87.6 Å². The van der Waals surface area contributed by atoms with E-state index in [2.05, 4.69) is 18.4 Å². The van der Waals surface area contributed by atoms with Crippen molar-refractivity contribution in [3.63, 3.8) is 0 Å². The Hall–Kier alpha value is -0.340. The molecule has 0 bridgehead atoms. The predicted octanol–water partition coefficient (Wildman–Crippen LogP) is 2.19. The zero-order chi connectivity index (χ0) is 10.4. The molecule has 14 heavy (non-hydrogen) atoms. The molecule has 1 N–H and O–H groups in total. The fourth-order valence-electron chi connectivity index (χ4n) is 2.21. The molecule has 0 radical (unpaired) electrons. The third-order valence-electron chi connectivity index (χ3n) is 3.05. The van der Waals surface area contributed by atoms with Crippen LogP contribution in [0.3, 0.4) is 0 Å². The molecule has 0 heterocycles. The van der Waals surface area contributed by atoms with E-state index in [1.54, 1.807) is 0 Å². The second kappa shape index (κ2) is 6.20. The van der Waals surface area contributed by atoms with Crippen molar-refractivity contribution < 1.29 is 5.11 Å². The molecule has 0 unspecified atom stereocenters. The van der Waals surface area contributed by atoms with Crippen LogP contribution in [-0.2, 0) is 0 Å². The molecule has 1 fully saturated rings. The van der Waals surface area contributed by atoms with Crippen molar-refractivity contribution in [1.82, 2.24) is 4.90 Å². The van der Waals surface area contributed by atoms with Crippen LogP contribution in [0.1, 0.15) is 39.0 Å². The SMILES string of the molecule is C=C(C)CCN(CCO)C1CCCC1. The molecule has 2 heteroatoms. The minimum Gasteiger partial charge on any atom is -0.395 e. The quantitative estimate of drug-likeness (QED) is 0.660. The maximum Gasteiger partial charge on any atom is 0.0558 e. The lowest BCUT2D eigenvalue weighted by Crippen LogP contribution is -2.36. The van der Waals surface area contributed by atoms with Crippen LogP contribution in [0, 0.1) is 0 Å². The van der Waals surface area contributed by atoms with Gasteiger partial charge in [-0.05, 0) is 26.2 Å². The van der Waals surface area contributed by atoms with Crippen LogP contribution in [0.15, 0.2) is 12.2 Å². The number of aliphatic hydroxyl groups is 1. The number of rotatable bonds is 6. The largest absolute Gasteiger partial charge is 0.395 e. The molecule has 0 aromatic carbocycles. The number of hydrogen-bond acceptors (Lipinski definition) is 2. The Morgan fingerprint density at radius 2 is 2.00 bits per heavy atom. The van der Waals surface area contributed by atoms with Crippen LogP contribution in [0.25, 0.3) is 0 Å². The van der Waals surface area contributed by atoms with Crippen molar-refractivity contribution >= 4 is 0 Å². The van der Waals surface area contributed by atoms with Crippen LogP contribution in [0.4, 0.5) is 0 Å². The minimum absolute atomic E-state index is 0.284. The molecular formula is C12H23NO. The van der Waals surface area contributed by atoms with E-state index in [4.69, 9.17) is 5.11 Å². The zero-order valence-corrected chi connectivity index (χ0v) is 9.34. The molecular weight excluding hydrogens is 174 g/mol. The van der Waals surface area contributed by atoms with Crippen molar-refractivity contribution in [2.24, 2.45) is 0 Å². The van der Waals surface area contributed by atoms with Crippen LogP contribution < -0.4 is 0 Å². The van der Waals surface area contributed by atoms with E-state index < -0.39 is 0 Å². The lowest BCUT2D eigenvalue weighted by Gasteiger charge is -2.28. The standard InChI is InChI=1S/C12H23NO/c1-11(2)7-8-13(9-10-14)12-5-3-4-6-12/h12,14H,1,3-10H2,2H3. The molecule has 82 valence electrons. The summed E-state index contributed by atoms with van der Waals surface area (Å²) < 4.78 is 0. The second-order valence-electron chi connectivity index (χ2n) is 4.40.